The second kappa shape index (κ2) is 7.06. The van der Waals surface area contributed by atoms with Crippen molar-refractivity contribution in [1.29, 1.82) is 0 Å². The van der Waals surface area contributed by atoms with Crippen molar-refractivity contribution < 1.29 is 4.79 Å². The van der Waals surface area contributed by atoms with E-state index in [1.165, 1.54) is 11.0 Å². The Labute approximate surface area is 151 Å². The summed E-state index contributed by atoms with van der Waals surface area (Å²) in [6.45, 7) is 1.81. The van der Waals surface area contributed by atoms with Crippen LogP contribution in [0.2, 0.25) is 5.02 Å². The maximum absolute atomic E-state index is 12.4. The fourth-order valence-corrected chi connectivity index (χ4v) is 2.99. The van der Waals surface area contributed by atoms with Gasteiger partial charge in [0.1, 0.15) is 6.33 Å². The van der Waals surface area contributed by atoms with Gasteiger partial charge >= 0.3 is 0 Å². The molecule has 0 radical (unpaired) electrons. The number of hydrogen-bond donors (Lipinski definition) is 1. The van der Waals surface area contributed by atoms with Gasteiger partial charge in [0, 0.05) is 27.5 Å². The van der Waals surface area contributed by atoms with Crippen LogP contribution in [0.15, 0.2) is 47.5 Å². The van der Waals surface area contributed by atoms with Crippen LogP contribution in [0.1, 0.15) is 29.1 Å². The van der Waals surface area contributed by atoms with E-state index >= 15 is 0 Å². The molecular formula is C15H12BrClN6O. The molecule has 1 atom stereocenters. The van der Waals surface area contributed by atoms with Crippen LogP contribution in [0.4, 0.5) is 0 Å². The number of rotatable bonds is 4. The van der Waals surface area contributed by atoms with Gasteiger partial charge in [-0.25, -0.2) is 15.0 Å². The summed E-state index contributed by atoms with van der Waals surface area (Å²) in [4.78, 5) is 24.9. The van der Waals surface area contributed by atoms with E-state index in [0.717, 1.165) is 4.47 Å². The molecule has 2 heterocycles. The molecule has 1 N–H and O–H groups in total. The molecule has 122 valence electrons. The topological polar surface area (TPSA) is 85.6 Å². The zero-order chi connectivity index (χ0) is 17.1. The maximum Gasteiger partial charge on any atom is 0.252 e. The van der Waals surface area contributed by atoms with Crippen LogP contribution in [0.3, 0.4) is 0 Å². The first-order chi connectivity index (χ1) is 11.5. The number of benzene rings is 1. The Balaban J connectivity index is 1.82. The van der Waals surface area contributed by atoms with Crippen molar-refractivity contribution in [2.24, 2.45) is 0 Å². The smallest absolute Gasteiger partial charge is 0.252 e. The minimum Gasteiger partial charge on any atom is -0.342 e. The standard InChI is InChI=1S/C15H12BrClN6O/c1-9(22-14(24)10-5-11(16)7-12(17)6-10)13-20-8-21-23(13)15-18-3-2-4-19-15/h2-9H,1H3,(H,22,24). The number of nitrogens with one attached hydrogen (secondary N) is 1. The van der Waals surface area contributed by atoms with E-state index < -0.39 is 6.04 Å². The predicted octanol–water partition coefficient (Wildman–Crippen LogP) is 2.96. The molecule has 0 bridgehead atoms. The Morgan fingerprint density at radius 1 is 1.25 bits per heavy atom. The van der Waals surface area contributed by atoms with Gasteiger partial charge in [0.2, 0.25) is 0 Å². The van der Waals surface area contributed by atoms with Gasteiger partial charge in [0.15, 0.2) is 5.82 Å². The lowest BCUT2D eigenvalue weighted by Crippen LogP contribution is -2.29. The van der Waals surface area contributed by atoms with Gasteiger partial charge in [-0.15, -0.1) is 0 Å². The van der Waals surface area contributed by atoms with Crippen LogP contribution in [0.5, 0.6) is 0 Å². The van der Waals surface area contributed by atoms with Crippen LogP contribution in [-0.2, 0) is 0 Å². The average Bonchev–Trinajstić information content (AvgIpc) is 3.04. The van der Waals surface area contributed by atoms with Crippen molar-refractivity contribution >= 4 is 33.4 Å². The lowest BCUT2D eigenvalue weighted by atomic mass is 10.2. The Bertz CT molecular complexity index is 849. The van der Waals surface area contributed by atoms with E-state index in [1.54, 1.807) is 43.6 Å². The SMILES string of the molecule is CC(NC(=O)c1cc(Cl)cc(Br)c1)c1ncnn1-c1ncccn1. The van der Waals surface area contributed by atoms with E-state index in [0.29, 0.717) is 22.4 Å². The molecule has 9 heteroatoms. The van der Waals surface area contributed by atoms with Crippen LogP contribution in [0.25, 0.3) is 5.95 Å². The third-order valence-electron chi connectivity index (χ3n) is 3.18. The fourth-order valence-electron chi connectivity index (χ4n) is 2.13. The Morgan fingerprint density at radius 3 is 2.71 bits per heavy atom. The van der Waals surface area contributed by atoms with Crippen molar-refractivity contribution in [3.05, 3.63) is 63.9 Å². The minimum absolute atomic E-state index is 0.269. The summed E-state index contributed by atoms with van der Waals surface area (Å²) >= 11 is 9.30. The molecule has 3 aromatic rings. The Kier molecular flexibility index (Phi) is 4.86. The highest BCUT2D eigenvalue weighted by Crippen LogP contribution is 2.20. The molecule has 0 aliphatic rings. The monoisotopic (exact) mass is 406 g/mol. The molecule has 1 amide bonds. The Morgan fingerprint density at radius 2 is 2.00 bits per heavy atom. The van der Waals surface area contributed by atoms with Crippen LogP contribution in [-0.4, -0.2) is 30.6 Å². The molecule has 0 aliphatic heterocycles. The fraction of sp³-hybridized carbons (Fsp3) is 0.133. The molecule has 24 heavy (non-hydrogen) atoms. The molecule has 1 unspecified atom stereocenters. The summed E-state index contributed by atoms with van der Waals surface area (Å²) in [5.41, 5.74) is 0.447. The average molecular weight is 408 g/mol. The molecule has 2 aromatic heterocycles. The molecule has 7 nitrogen and oxygen atoms in total. The number of hydrogen-bond acceptors (Lipinski definition) is 5. The summed E-state index contributed by atoms with van der Waals surface area (Å²) in [6, 6.07) is 6.31. The highest BCUT2D eigenvalue weighted by molar-refractivity contribution is 9.10. The van der Waals surface area contributed by atoms with E-state index in [9.17, 15) is 4.79 Å². The van der Waals surface area contributed by atoms with Crippen LogP contribution < -0.4 is 5.32 Å². The van der Waals surface area contributed by atoms with E-state index in [4.69, 9.17) is 11.6 Å². The molecule has 1 aromatic carbocycles. The number of aromatic nitrogens is 5. The first-order valence-corrected chi connectivity index (χ1v) is 8.16. The van der Waals surface area contributed by atoms with Crippen molar-refractivity contribution in [2.45, 2.75) is 13.0 Å². The quantitative estimate of drug-likeness (QED) is 0.718. The van der Waals surface area contributed by atoms with Gasteiger partial charge < -0.3 is 5.32 Å². The van der Waals surface area contributed by atoms with Crippen molar-refractivity contribution in [3.8, 4) is 5.95 Å². The number of amides is 1. The van der Waals surface area contributed by atoms with Gasteiger partial charge in [-0.05, 0) is 31.2 Å². The number of halogens is 2. The lowest BCUT2D eigenvalue weighted by Gasteiger charge is -2.14. The summed E-state index contributed by atoms with van der Waals surface area (Å²) < 4.78 is 2.22. The largest absolute Gasteiger partial charge is 0.342 e. The van der Waals surface area contributed by atoms with Crippen molar-refractivity contribution in [1.82, 2.24) is 30.0 Å². The van der Waals surface area contributed by atoms with Crippen molar-refractivity contribution in [2.75, 3.05) is 0 Å². The molecule has 0 saturated carbocycles. The summed E-state index contributed by atoms with van der Waals surface area (Å²) in [5.74, 6) is 0.640. The zero-order valence-electron chi connectivity index (χ0n) is 12.5. The van der Waals surface area contributed by atoms with Gasteiger partial charge in [-0.1, -0.05) is 27.5 Å². The highest BCUT2D eigenvalue weighted by Gasteiger charge is 2.19. The molecule has 0 fully saturated rings. The summed E-state index contributed by atoms with van der Waals surface area (Å²) in [5, 5.41) is 7.46. The second-order valence-corrected chi connectivity index (χ2v) is 6.28. The maximum atomic E-state index is 12.4. The summed E-state index contributed by atoms with van der Waals surface area (Å²) in [7, 11) is 0. The number of carbonyl (C=O) groups excluding carboxylic acids is 1. The van der Waals surface area contributed by atoms with Crippen LogP contribution >= 0.6 is 27.5 Å². The van der Waals surface area contributed by atoms with E-state index in [2.05, 4.69) is 41.3 Å². The van der Waals surface area contributed by atoms with Gasteiger partial charge in [-0.3, -0.25) is 4.79 Å². The third kappa shape index (κ3) is 3.60. The van der Waals surface area contributed by atoms with E-state index in [-0.39, 0.29) is 5.91 Å². The molecular weight excluding hydrogens is 396 g/mol. The van der Waals surface area contributed by atoms with Gasteiger partial charge in [0.25, 0.3) is 11.9 Å². The van der Waals surface area contributed by atoms with Crippen molar-refractivity contribution in [3.63, 3.8) is 0 Å². The predicted molar refractivity (Wildman–Crippen MR) is 92.0 cm³/mol. The first kappa shape index (κ1) is 16.5. The summed E-state index contributed by atoms with van der Waals surface area (Å²) in [6.07, 6.45) is 4.62. The van der Waals surface area contributed by atoms with Crippen LogP contribution in [0, 0.1) is 0 Å². The zero-order valence-corrected chi connectivity index (χ0v) is 14.9. The second-order valence-electron chi connectivity index (χ2n) is 4.93. The van der Waals surface area contributed by atoms with Gasteiger partial charge in [-0.2, -0.15) is 9.78 Å². The molecule has 0 spiro atoms. The lowest BCUT2D eigenvalue weighted by molar-refractivity contribution is 0.0937. The minimum atomic E-state index is -0.401. The normalized spacial score (nSPS) is 12.0. The molecule has 0 saturated heterocycles. The first-order valence-electron chi connectivity index (χ1n) is 6.99. The number of nitrogens with zero attached hydrogens (tertiary/aromatic N) is 5. The van der Waals surface area contributed by atoms with Gasteiger partial charge in [0.05, 0.1) is 6.04 Å². The highest BCUT2D eigenvalue weighted by atomic mass is 79.9. The van der Waals surface area contributed by atoms with E-state index in [1.807, 2.05) is 0 Å². The Hall–Kier alpha value is -2.32. The third-order valence-corrected chi connectivity index (χ3v) is 3.85. The number of carbonyl (C=O) groups is 1. The molecule has 3 rings (SSSR count). The molecule has 0 aliphatic carbocycles.